The zero-order valence-electron chi connectivity index (χ0n) is 14.4. The van der Waals surface area contributed by atoms with E-state index in [-0.39, 0.29) is 18.3 Å². The summed E-state index contributed by atoms with van der Waals surface area (Å²) in [5.41, 5.74) is 3.37. The highest BCUT2D eigenvalue weighted by molar-refractivity contribution is 6.03. The second-order valence-corrected chi connectivity index (χ2v) is 6.73. The maximum absolute atomic E-state index is 12.5. The number of nitrogens with one attached hydrogen (secondary N) is 2. The molecular weight excluding hydrogens is 338 g/mol. The van der Waals surface area contributed by atoms with Gasteiger partial charge in [0.2, 0.25) is 5.95 Å². The van der Waals surface area contributed by atoms with E-state index in [1.54, 1.807) is 4.68 Å². The number of hydrogen-bond donors (Lipinski definition) is 2. The Balaban J connectivity index is 0.00000182. The number of aromatic nitrogens is 3. The SMILES string of the molecule is Cl.Cn1nc(C2CCNCC2)nc1NC(=O)c1ccc2c(c1)CCC2. The van der Waals surface area contributed by atoms with E-state index in [9.17, 15) is 4.79 Å². The van der Waals surface area contributed by atoms with Crippen molar-refractivity contribution in [2.45, 2.75) is 38.0 Å². The van der Waals surface area contributed by atoms with E-state index < -0.39 is 0 Å². The van der Waals surface area contributed by atoms with Crippen molar-refractivity contribution in [2.24, 2.45) is 7.05 Å². The Kier molecular flexibility index (Phi) is 5.39. The quantitative estimate of drug-likeness (QED) is 0.880. The van der Waals surface area contributed by atoms with Gasteiger partial charge in [0.05, 0.1) is 0 Å². The topological polar surface area (TPSA) is 71.8 Å². The number of carbonyl (C=O) groups excluding carboxylic acids is 1. The molecule has 1 fully saturated rings. The molecule has 1 aliphatic carbocycles. The average molecular weight is 362 g/mol. The molecule has 2 N–H and O–H groups in total. The number of rotatable bonds is 3. The van der Waals surface area contributed by atoms with Gasteiger partial charge in [-0.1, -0.05) is 6.07 Å². The third-order valence-corrected chi connectivity index (χ3v) is 5.07. The number of hydrogen-bond acceptors (Lipinski definition) is 4. The Bertz CT molecular complexity index is 767. The number of benzene rings is 1. The summed E-state index contributed by atoms with van der Waals surface area (Å²) in [5.74, 6) is 1.62. The molecule has 0 bridgehead atoms. The predicted molar refractivity (Wildman–Crippen MR) is 99.5 cm³/mol. The number of anilines is 1. The van der Waals surface area contributed by atoms with Crippen LogP contribution in [0.5, 0.6) is 0 Å². The lowest BCUT2D eigenvalue weighted by Gasteiger charge is -2.19. The molecular formula is C18H24ClN5O. The Morgan fingerprint density at radius 3 is 2.80 bits per heavy atom. The van der Waals surface area contributed by atoms with Crippen molar-refractivity contribution in [3.63, 3.8) is 0 Å². The Labute approximate surface area is 153 Å². The van der Waals surface area contributed by atoms with Gasteiger partial charge >= 0.3 is 0 Å². The zero-order valence-corrected chi connectivity index (χ0v) is 15.2. The van der Waals surface area contributed by atoms with Gasteiger partial charge in [0, 0.05) is 18.5 Å². The van der Waals surface area contributed by atoms with Crippen LogP contribution in [0.3, 0.4) is 0 Å². The number of halogens is 1. The molecule has 134 valence electrons. The van der Waals surface area contributed by atoms with Crippen molar-refractivity contribution in [2.75, 3.05) is 18.4 Å². The van der Waals surface area contributed by atoms with Crippen LogP contribution in [0.2, 0.25) is 0 Å². The molecule has 7 heteroatoms. The molecule has 4 rings (SSSR count). The summed E-state index contributed by atoms with van der Waals surface area (Å²) in [6.07, 6.45) is 5.47. The molecule has 0 radical (unpaired) electrons. The van der Waals surface area contributed by atoms with Crippen LogP contribution in [-0.2, 0) is 19.9 Å². The summed E-state index contributed by atoms with van der Waals surface area (Å²) >= 11 is 0. The van der Waals surface area contributed by atoms with Crippen LogP contribution in [0.4, 0.5) is 5.95 Å². The van der Waals surface area contributed by atoms with Crippen molar-refractivity contribution < 1.29 is 4.79 Å². The minimum absolute atomic E-state index is 0. The normalized spacial score (nSPS) is 17.0. The molecule has 1 aromatic carbocycles. The van der Waals surface area contributed by atoms with Crippen molar-refractivity contribution in [3.05, 3.63) is 40.7 Å². The fraction of sp³-hybridized carbons (Fsp3) is 0.500. The summed E-state index contributed by atoms with van der Waals surface area (Å²) in [5, 5.41) is 10.8. The monoisotopic (exact) mass is 361 g/mol. The number of nitrogens with zero attached hydrogens (tertiary/aromatic N) is 3. The Hall–Kier alpha value is -1.92. The molecule has 2 aromatic rings. The second-order valence-electron chi connectivity index (χ2n) is 6.73. The maximum Gasteiger partial charge on any atom is 0.258 e. The van der Waals surface area contributed by atoms with Crippen LogP contribution in [0.15, 0.2) is 18.2 Å². The third-order valence-electron chi connectivity index (χ3n) is 5.07. The predicted octanol–water partition coefficient (Wildman–Crippen LogP) is 2.44. The molecule has 25 heavy (non-hydrogen) atoms. The van der Waals surface area contributed by atoms with Gasteiger partial charge in [-0.15, -0.1) is 12.4 Å². The van der Waals surface area contributed by atoms with E-state index in [0.717, 1.165) is 44.6 Å². The first kappa shape index (κ1) is 17.9. The number of amides is 1. The summed E-state index contributed by atoms with van der Waals surface area (Å²) in [4.78, 5) is 17.1. The van der Waals surface area contributed by atoms with E-state index in [1.165, 1.54) is 17.5 Å². The first-order valence-electron chi connectivity index (χ1n) is 8.75. The third kappa shape index (κ3) is 3.70. The second kappa shape index (κ2) is 7.54. The lowest BCUT2D eigenvalue weighted by Crippen LogP contribution is -2.27. The minimum Gasteiger partial charge on any atom is -0.317 e. The van der Waals surface area contributed by atoms with Gasteiger partial charge in [-0.2, -0.15) is 10.1 Å². The fourth-order valence-electron chi connectivity index (χ4n) is 3.65. The van der Waals surface area contributed by atoms with Crippen LogP contribution < -0.4 is 10.6 Å². The van der Waals surface area contributed by atoms with Crippen LogP contribution >= 0.6 is 12.4 Å². The highest BCUT2D eigenvalue weighted by atomic mass is 35.5. The summed E-state index contributed by atoms with van der Waals surface area (Å²) in [6.45, 7) is 2.00. The van der Waals surface area contributed by atoms with E-state index in [2.05, 4.69) is 26.8 Å². The van der Waals surface area contributed by atoms with Crippen LogP contribution in [0, 0.1) is 0 Å². The number of aryl methyl sites for hydroxylation is 3. The van der Waals surface area contributed by atoms with Crippen LogP contribution in [0.1, 0.15) is 52.5 Å². The van der Waals surface area contributed by atoms with Crippen molar-refractivity contribution >= 4 is 24.3 Å². The summed E-state index contributed by atoms with van der Waals surface area (Å²) in [7, 11) is 1.83. The molecule has 1 amide bonds. The minimum atomic E-state index is -0.114. The molecule has 6 nitrogen and oxygen atoms in total. The van der Waals surface area contributed by atoms with Gasteiger partial charge in [-0.25, -0.2) is 4.68 Å². The highest BCUT2D eigenvalue weighted by Gasteiger charge is 2.22. The van der Waals surface area contributed by atoms with Gasteiger partial charge in [-0.3, -0.25) is 10.1 Å². The first-order chi connectivity index (χ1) is 11.7. The van der Waals surface area contributed by atoms with Gasteiger partial charge in [0.15, 0.2) is 5.82 Å². The lowest BCUT2D eigenvalue weighted by atomic mass is 9.98. The number of carbonyl (C=O) groups is 1. The fourth-order valence-corrected chi connectivity index (χ4v) is 3.65. The van der Waals surface area contributed by atoms with Gasteiger partial charge in [0.25, 0.3) is 5.91 Å². The number of fused-ring (bicyclic) bond motifs is 1. The molecule has 0 saturated carbocycles. The zero-order chi connectivity index (χ0) is 16.5. The highest BCUT2D eigenvalue weighted by Crippen LogP contribution is 2.25. The van der Waals surface area contributed by atoms with E-state index in [1.807, 2.05) is 19.2 Å². The van der Waals surface area contributed by atoms with Crippen molar-refractivity contribution in [1.82, 2.24) is 20.1 Å². The summed E-state index contributed by atoms with van der Waals surface area (Å²) in [6, 6.07) is 6.00. The van der Waals surface area contributed by atoms with E-state index in [4.69, 9.17) is 0 Å². The molecule has 2 aliphatic rings. The van der Waals surface area contributed by atoms with Crippen LogP contribution in [0.25, 0.3) is 0 Å². The smallest absolute Gasteiger partial charge is 0.258 e. The average Bonchev–Trinajstić information content (AvgIpc) is 3.22. The first-order valence-corrected chi connectivity index (χ1v) is 8.75. The van der Waals surface area contributed by atoms with E-state index in [0.29, 0.717) is 17.4 Å². The largest absolute Gasteiger partial charge is 0.317 e. The van der Waals surface area contributed by atoms with Gasteiger partial charge < -0.3 is 5.32 Å². The number of piperidine rings is 1. The van der Waals surface area contributed by atoms with Crippen molar-refractivity contribution in [1.29, 1.82) is 0 Å². The molecule has 0 spiro atoms. The molecule has 0 atom stereocenters. The molecule has 1 aliphatic heterocycles. The van der Waals surface area contributed by atoms with Gasteiger partial charge in [-0.05, 0) is 68.5 Å². The lowest BCUT2D eigenvalue weighted by molar-refractivity contribution is 0.102. The standard InChI is InChI=1S/C18H23N5O.ClH/c1-23-18(20-16(22-23)13-7-9-19-10-8-13)21-17(24)15-6-5-12-3-2-4-14(12)11-15;/h5-6,11,13,19H,2-4,7-10H2,1H3,(H,20,21,22,24);1H. The molecule has 1 saturated heterocycles. The van der Waals surface area contributed by atoms with Gasteiger partial charge in [0.1, 0.15) is 0 Å². The molecule has 0 unspecified atom stereocenters. The Morgan fingerprint density at radius 1 is 1.24 bits per heavy atom. The Morgan fingerprint density at radius 2 is 2.00 bits per heavy atom. The van der Waals surface area contributed by atoms with E-state index >= 15 is 0 Å². The van der Waals surface area contributed by atoms with Crippen molar-refractivity contribution in [3.8, 4) is 0 Å². The van der Waals surface area contributed by atoms with Crippen LogP contribution in [-0.4, -0.2) is 33.8 Å². The molecule has 1 aromatic heterocycles. The maximum atomic E-state index is 12.5. The molecule has 2 heterocycles. The summed E-state index contributed by atoms with van der Waals surface area (Å²) < 4.78 is 1.67.